The predicted molar refractivity (Wildman–Crippen MR) is 59.6 cm³/mol. The first kappa shape index (κ1) is 11.4. The van der Waals surface area contributed by atoms with Crippen LogP contribution in [0.25, 0.3) is 0 Å². The van der Waals surface area contributed by atoms with Crippen molar-refractivity contribution >= 4 is 29.1 Å². The van der Waals surface area contributed by atoms with Gasteiger partial charge in [0.2, 0.25) is 0 Å². The number of hydrogen-bond acceptors (Lipinski definition) is 2. The first-order valence-corrected chi connectivity index (χ1v) is 6.36. The van der Waals surface area contributed by atoms with E-state index in [1.165, 1.54) is 0 Å². The lowest BCUT2D eigenvalue weighted by Gasteiger charge is -2.36. The molecule has 0 aromatic heterocycles. The first-order chi connectivity index (χ1) is 6.11. The highest BCUT2D eigenvalue weighted by atomic mass is 35.5. The molecule has 0 radical (unpaired) electrons. The molecule has 1 fully saturated rings. The number of ketones is 1. The minimum Gasteiger partial charge on any atom is -0.298 e. The molecule has 76 valence electrons. The highest BCUT2D eigenvalue weighted by molar-refractivity contribution is 8.00. The van der Waals surface area contributed by atoms with E-state index < -0.39 is 0 Å². The number of Topliss-reactive ketones (excluding diaryl/α,β-unsaturated/α-hetero) is 1. The van der Waals surface area contributed by atoms with Crippen LogP contribution in [0, 0.1) is 5.92 Å². The van der Waals surface area contributed by atoms with E-state index in [9.17, 15) is 4.79 Å². The summed E-state index contributed by atoms with van der Waals surface area (Å²) in [5.74, 6) is 1.76. The summed E-state index contributed by atoms with van der Waals surface area (Å²) in [5.41, 5.74) is 0. The van der Waals surface area contributed by atoms with E-state index in [0.29, 0.717) is 4.75 Å². The Balaban J connectivity index is 2.56. The maximum Gasteiger partial charge on any atom is 0.150 e. The van der Waals surface area contributed by atoms with Crippen LogP contribution in [0.1, 0.15) is 33.1 Å². The SMILES string of the molecule is CCC1(C)CC(C(=O)CCl)CCS1. The number of carbonyl (C=O) groups is 1. The summed E-state index contributed by atoms with van der Waals surface area (Å²) in [7, 11) is 0. The topological polar surface area (TPSA) is 17.1 Å². The molecular formula is C10H17ClOS. The number of hydrogen-bond donors (Lipinski definition) is 0. The van der Waals surface area contributed by atoms with Gasteiger partial charge in [0, 0.05) is 10.7 Å². The van der Waals surface area contributed by atoms with Gasteiger partial charge >= 0.3 is 0 Å². The van der Waals surface area contributed by atoms with E-state index in [-0.39, 0.29) is 17.6 Å². The number of rotatable bonds is 3. The molecule has 0 amide bonds. The van der Waals surface area contributed by atoms with Crippen molar-refractivity contribution in [2.75, 3.05) is 11.6 Å². The van der Waals surface area contributed by atoms with Gasteiger partial charge < -0.3 is 0 Å². The smallest absolute Gasteiger partial charge is 0.150 e. The average molecular weight is 221 g/mol. The molecule has 2 unspecified atom stereocenters. The van der Waals surface area contributed by atoms with Gasteiger partial charge in [-0.05, 0) is 25.0 Å². The molecule has 0 saturated carbocycles. The molecule has 1 aliphatic heterocycles. The van der Waals surface area contributed by atoms with Gasteiger partial charge in [-0.2, -0.15) is 11.8 Å². The zero-order chi connectivity index (χ0) is 9.90. The Bertz CT molecular complexity index is 195. The van der Waals surface area contributed by atoms with Gasteiger partial charge in [-0.15, -0.1) is 11.6 Å². The molecule has 1 rings (SSSR count). The number of alkyl halides is 1. The van der Waals surface area contributed by atoms with E-state index in [0.717, 1.165) is 25.0 Å². The summed E-state index contributed by atoms with van der Waals surface area (Å²) in [6, 6.07) is 0. The van der Waals surface area contributed by atoms with E-state index in [4.69, 9.17) is 11.6 Å². The van der Waals surface area contributed by atoms with Gasteiger partial charge in [-0.25, -0.2) is 0 Å². The van der Waals surface area contributed by atoms with Crippen molar-refractivity contribution in [2.24, 2.45) is 5.92 Å². The van der Waals surface area contributed by atoms with Crippen LogP contribution >= 0.6 is 23.4 Å². The Hall–Kier alpha value is 0.310. The van der Waals surface area contributed by atoms with Crippen molar-refractivity contribution in [3.8, 4) is 0 Å². The molecule has 0 aromatic carbocycles. The van der Waals surface area contributed by atoms with Gasteiger partial charge in [0.05, 0.1) is 5.88 Å². The Morgan fingerprint density at radius 1 is 1.69 bits per heavy atom. The highest BCUT2D eigenvalue weighted by Crippen LogP contribution is 2.41. The van der Waals surface area contributed by atoms with Crippen molar-refractivity contribution in [3.63, 3.8) is 0 Å². The Kier molecular flexibility index (Phi) is 4.11. The van der Waals surface area contributed by atoms with Crippen molar-refractivity contribution in [2.45, 2.75) is 37.9 Å². The standard InChI is InChI=1S/C10H17ClOS/c1-3-10(2)6-8(4-5-13-10)9(12)7-11/h8H,3-7H2,1-2H3. The largest absolute Gasteiger partial charge is 0.298 e. The summed E-state index contributed by atoms with van der Waals surface area (Å²) in [4.78, 5) is 11.4. The summed E-state index contributed by atoms with van der Waals surface area (Å²) in [6.45, 7) is 4.45. The highest BCUT2D eigenvalue weighted by Gasteiger charge is 2.33. The molecule has 0 aliphatic carbocycles. The lowest BCUT2D eigenvalue weighted by Crippen LogP contribution is -2.33. The molecule has 1 nitrogen and oxygen atoms in total. The number of carbonyl (C=O) groups excluding carboxylic acids is 1. The van der Waals surface area contributed by atoms with Crippen molar-refractivity contribution in [1.82, 2.24) is 0 Å². The molecule has 0 spiro atoms. The maximum absolute atomic E-state index is 11.4. The van der Waals surface area contributed by atoms with Gasteiger partial charge in [-0.3, -0.25) is 4.79 Å². The van der Waals surface area contributed by atoms with Crippen LogP contribution in [0.2, 0.25) is 0 Å². The molecule has 0 aromatic rings. The van der Waals surface area contributed by atoms with Gasteiger partial charge in [0.25, 0.3) is 0 Å². The Labute approximate surface area is 89.6 Å². The van der Waals surface area contributed by atoms with Crippen LogP contribution in [0.5, 0.6) is 0 Å². The van der Waals surface area contributed by atoms with E-state index in [2.05, 4.69) is 13.8 Å². The Morgan fingerprint density at radius 2 is 2.38 bits per heavy atom. The fraction of sp³-hybridized carbons (Fsp3) is 0.900. The second-order valence-corrected chi connectivity index (χ2v) is 5.89. The maximum atomic E-state index is 11.4. The minimum atomic E-state index is 0.190. The third kappa shape index (κ3) is 2.88. The molecule has 1 saturated heterocycles. The minimum absolute atomic E-state index is 0.190. The lowest BCUT2D eigenvalue weighted by atomic mass is 9.88. The van der Waals surface area contributed by atoms with E-state index in [1.54, 1.807) is 0 Å². The average Bonchev–Trinajstić information content (AvgIpc) is 2.17. The van der Waals surface area contributed by atoms with Gasteiger partial charge in [-0.1, -0.05) is 13.8 Å². The summed E-state index contributed by atoms with van der Waals surface area (Å²) >= 11 is 7.57. The molecule has 3 heteroatoms. The summed E-state index contributed by atoms with van der Waals surface area (Å²) < 4.78 is 0.310. The van der Waals surface area contributed by atoms with Crippen LogP contribution < -0.4 is 0 Å². The van der Waals surface area contributed by atoms with E-state index >= 15 is 0 Å². The third-order valence-corrected chi connectivity index (χ3v) is 4.79. The molecule has 0 bridgehead atoms. The number of halogens is 1. The van der Waals surface area contributed by atoms with E-state index in [1.807, 2.05) is 11.8 Å². The van der Waals surface area contributed by atoms with Crippen LogP contribution in [-0.2, 0) is 4.79 Å². The molecule has 1 aliphatic rings. The van der Waals surface area contributed by atoms with Gasteiger partial charge in [0.1, 0.15) is 0 Å². The summed E-state index contributed by atoms with van der Waals surface area (Å²) in [6.07, 6.45) is 3.18. The summed E-state index contributed by atoms with van der Waals surface area (Å²) in [5, 5.41) is 0. The van der Waals surface area contributed by atoms with Crippen LogP contribution in [0.4, 0.5) is 0 Å². The fourth-order valence-corrected chi connectivity index (χ4v) is 3.40. The van der Waals surface area contributed by atoms with Crippen molar-refractivity contribution in [3.05, 3.63) is 0 Å². The monoisotopic (exact) mass is 220 g/mol. The fourth-order valence-electron chi connectivity index (χ4n) is 1.76. The quantitative estimate of drug-likeness (QED) is 0.680. The second kappa shape index (κ2) is 4.70. The van der Waals surface area contributed by atoms with Crippen molar-refractivity contribution in [1.29, 1.82) is 0 Å². The zero-order valence-corrected chi connectivity index (χ0v) is 9.88. The predicted octanol–water partition coefficient (Wildman–Crippen LogP) is 3.11. The normalized spacial score (nSPS) is 34.5. The lowest BCUT2D eigenvalue weighted by molar-refractivity contribution is -0.121. The van der Waals surface area contributed by atoms with Gasteiger partial charge in [0.15, 0.2) is 5.78 Å². The first-order valence-electron chi connectivity index (χ1n) is 4.84. The second-order valence-electron chi connectivity index (χ2n) is 3.94. The number of thioether (sulfide) groups is 1. The van der Waals surface area contributed by atoms with Crippen LogP contribution in [0.3, 0.4) is 0 Å². The molecule has 2 atom stereocenters. The molecular weight excluding hydrogens is 204 g/mol. The molecule has 0 N–H and O–H groups in total. The van der Waals surface area contributed by atoms with Crippen molar-refractivity contribution < 1.29 is 4.79 Å². The molecule has 13 heavy (non-hydrogen) atoms. The molecule has 1 heterocycles. The zero-order valence-electron chi connectivity index (χ0n) is 8.31. The van der Waals surface area contributed by atoms with Crippen LogP contribution in [0.15, 0.2) is 0 Å². The third-order valence-electron chi connectivity index (χ3n) is 2.93. The van der Waals surface area contributed by atoms with Crippen LogP contribution in [-0.4, -0.2) is 22.2 Å². The Morgan fingerprint density at radius 3 is 2.92 bits per heavy atom.